The first-order chi connectivity index (χ1) is 8.97. The van der Waals surface area contributed by atoms with Crippen molar-refractivity contribution in [3.05, 3.63) is 51.2 Å². The predicted molar refractivity (Wildman–Crippen MR) is 77.8 cm³/mol. The van der Waals surface area contributed by atoms with Crippen LogP contribution in [0.4, 0.5) is 0 Å². The summed E-state index contributed by atoms with van der Waals surface area (Å²) in [7, 11) is 0. The van der Waals surface area contributed by atoms with E-state index in [9.17, 15) is 9.90 Å². The molecule has 0 aliphatic heterocycles. The van der Waals surface area contributed by atoms with Crippen LogP contribution in [0.2, 0.25) is 0 Å². The van der Waals surface area contributed by atoms with Gasteiger partial charge in [-0.1, -0.05) is 11.6 Å². The van der Waals surface area contributed by atoms with Crippen LogP contribution in [0.15, 0.2) is 30.3 Å². The second kappa shape index (κ2) is 5.45. The van der Waals surface area contributed by atoms with Crippen LogP contribution >= 0.6 is 11.3 Å². The molecule has 0 saturated carbocycles. The van der Waals surface area contributed by atoms with E-state index in [-0.39, 0.29) is 17.7 Å². The molecule has 0 bridgehead atoms. The smallest absolute Gasteiger partial charge is 0.255 e. The summed E-state index contributed by atoms with van der Waals surface area (Å²) in [4.78, 5) is 14.5. The molecule has 19 heavy (non-hydrogen) atoms. The Hall–Kier alpha value is -1.81. The molecular weight excluding hydrogens is 258 g/mol. The molecule has 0 saturated heterocycles. The van der Waals surface area contributed by atoms with Gasteiger partial charge in [0.2, 0.25) is 0 Å². The Kier molecular flexibility index (Phi) is 3.90. The van der Waals surface area contributed by atoms with E-state index in [1.165, 1.54) is 4.88 Å². The van der Waals surface area contributed by atoms with Gasteiger partial charge in [-0.25, -0.2) is 0 Å². The minimum absolute atomic E-state index is 0.0117. The second-order valence-corrected chi connectivity index (χ2v) is 5.98. The molecular formula is C15H17NO2S. The first kappa shape index (κ1) is 13.6. The van der Waals surface area contributed by atoms with E-state index >= 15 is 0 Å². The molecule has 0 aliphatic carbocycles. The number of carbonyl (C=O) groups is 1. The van der Waals surface area contributed by atoms with Crippen LogP contribution in [0.1, 0.15) is 38.6 Å². The van der Waals surface area contributed by atoms with Gasteiger partial charge in [0, 0.05) is 9.75 Å². The van der Waals surface area contributed by atoms with Gasteiger partial charge in [-0.15, -0.1) is 11.3 Å². The van der Waals surface area contributed by atoms with Crippen molar-refractivity contribution in [2.45, 2.75) is 26.8 Å². The minimum atomic E-state index is -0.250. The monoisotopic (exact) mass is 275 g/mol. The third-order valence-corrected chi connectivity index (χ3v) is 4.12. The lowest BCUT2D eigenvalue weighted by molar-refractivity contribution is 0.0937. The van der Waals surface area contributed by atoms with E-state index in [0.29, 0.717) is 5.56 Å². The second-order valence-electron chi connectivity index (χ2n) is 4.66. The standard InChI is InChI=1S/C15H17NO2S/c1-9-4-6-13(17)12(8-9)15(18)16-11(3)14-7-5-10(2)19-14/h4-8,11,17H,1-3H3,(H,16,18). The highest BCUT2D eigenvalue weighted by Crippen LogP contribution is 2.24. The number of hydrogen-bond donors (Lipinski definition) is 2. The van der Waals surface area contributed by atoms with Crippen molar-refractivity contribution in [2.24, 2.45) is 0 Å². The summed E-state index contributed by atoms with van der Waals surface area (Å²) in [5, 5.41) is 12.6. The fourth-order valence-corrected chi connectivity index (χ4v) is 2.74. The average molecular weight is 275 g/mol. The molecule has 0 aliphatic rings. The molecule has 0 spiro atoms. The summed E-state index contributed by atoms with van der Waals surface area (Å²) in [6, 6.07) is 9.00. The van der Waals surface area contributed by atoms with Crippen LogP contribution in [0.25, 0.3) is 0 Å². The maximum Gasteiger partial charge on any atom is 0.255 e. The molecule has 100 valence electrons. The van der Waals surface area contributed by atoms with Crippen LogP contribution < -0.4 is 5.32 Å². The number of rotatable bonds is 3. The maximum absolute atomic E-state index is 12.1. The molecule has 2 aromatic rings. The van der Waals surface area contributed by atoms with E-state index in [1.807, 2.05) is 32.9 Å². The molecule has 4 heteroatoms. The zero-order chi connectivity index (χ0) is 14.0. The van der Waals surface area contributed by atoms with Gasteiger partial charge >= 0.3 is 0 Å². The fraction of sp³-hybridized carbons (Fsp3) is 0.267. The quantitative estimate of drug-likeness (QED) is 0.899. The van der Waals surface area contributed by atoms with Crippen molar-refractivity contribution in [1.82, 2.24) is 5.32 Å². The SMILES string of the molecule is Cc1ccc(O)c(C(=O)NC(C)c2ccc(C)s2)c1. The van der Waals surface area contributed by atoms with Crippen molar-refractivity contribution in [3.63, 3.8) is 0 Å². The fourth-order valence-electron chi connectivity index (χ4n) is 1.86. The predicted octanol–water partition coefficient (Wildman–Crippen LogP) is 3.56. The number of carbonyl (C=O) groups excluding carboxylic acids is 1. The lowest BCUT2D eigenvalue weighted by atomic mass is 10.1. The van der Waals surface area contributed by atoms with Gasteiger partial charge in [-0.3, -0.25) is 4.79 Å². The number of phenolic OH excluding ortho intramolecular Hbond substituents is 1. The summed E-state index contributed by atoms with van der Waals surface area (Å²) in [5.74, 6) is -0.239. The van der Waals surface area contributed by atoms with Gasteiger partial charge in [-0.05, 0) is 45.0 Å². The summed E-state index contributed by atoms with van der Waals surface area (Å²) in [6.07, 6.45) is 0. The largest absolute Gasteiger partial charge is 0.507 e. The van der Waals surface area contributed by atoms with Crippen LogP contribution in [-0.2, 0) is 0 Å². The topological polar surface area (TPSA) is 49.3 Å². The Morgan fingerprint density at radius 3 is 2.63 bits per heavy atom. The zero-order valence-corrected chi connectivity index (χ0v) is 12.0. The molecule has 1 aromatic carbocycles. The lowest BCUT2D eigenvalue weighted by Gasteiger charge is -2.13. The van der Waals surface area contributed by atoms with E-state index in [1.54, 1.807) is 29.5 Å². The number of thiophene rings is 1. The number of aromatic hydroxyl groups is 1. The molecule has 2 N–H and O–H groups in total. The summed E-state index contributed by atoms with van der Waals surface area (Å²) in [6.45, 7) is 5.87. The Bertz CT molecular complexity index is 604. The molecule has 0 fully saturated rings. The normalized spacial score (nSPS) is 12.2. The first-order valence-electron chi connectivity index (χ1n) is 6.14. The number of phenols is 1. The van der Waals surface area contributed by atoms with Gasteiger partial charge in [0.1, 0.15) is 5.75 Å². The van der Waals surface area contributed by atoms with Crippen LogP contribution in [0.3, 0.4) is 0 Å². The highest BCUT2D eigenvalue weighted by atomic mass is 32.1. The van der Waals surface area contributed by atoms with Gasteiger partial charge < -0.3 is 10.4 Å². The number of nitrogens with one attached hydrogen (secondary N) is 1. The summed E-state index contributed by atoms with van der Waals surface area (Å²) >= 11 is 1.66. The molecule has 0 radical (unpaired) electrons. The molecule has 1 amide bonds. The van der Waals surface area contributed by atoms with Gasteiger partial charge in [0.15, 0.2) is 0 Å². The van der Waals surface area contributed by atoms with Crippen molar-refractivity contribution in [1.29, 1.82) is 0 Å². The summed E-state index contributed by atoms with van der Waals surface area (Å²) < 4.78 is 0. The molecule has 2 rings (SSSR count). The van der Waals surface area contributed by atoms with Gasteiger partial charge in [0.05, 0.1) is 11.6 Å². The average Bonchev–Trinajstić information content (AvgIpc) is 2.79. The number of hydrogen-bond acceptors (Lipinski definition) is 3. The Morgan fingerprint density at radius 2 is 2.00 bits per heavy atom. The first-order valence-corrected chi connectivity index (χ1v) is 6.96. The number of aryl methyl sites for hydroxylation is 2. The number of benzene rings is 1. The van der Waals surface area contributed by atoms with Crippen molar-refractivity contribution >= 4 is 17.2 Å². The molecule has 3 nitrogen and oxygen atoms in total. The van der Waals surface area contributed by atoms with Crippen molar-refractivity contribution in [2.75, 3.05) is 0 Å². The van der Waals surface area contributed by atoms with E-state index in [0.717, 1.165) is 10.4 Å². The lowest BCUT2D eigenvalue weighted by Crippen LogP contribution is -2.26. The molecule has 1 atom stereocenters. The highest BCUT2D eigenvalue weighted by molar-refractivity contribution is 7.12. The van der Waals surface area contributed by atoms with Crippen LogP contribution in [0.5, 0.6) is 5.75 Å². The van der Waals surface area contributed by atoms with Crippen molar-refractivity contribution < 1.29 is 9.90 Å². The number of amides is 1. The van der Waals surface area contributed by atoms with Crippen molar-refractivity contribution in [3.8, 4) is 5.75 Å². The van der Waals surface area contributed by atoms with E-state index < -0.39 is 0 Å². The molecule has 1 unspecified atom stereocenters. The van der Waals surface area contributed by atoms with E-state index in [4.69, 9.17) is 0 Å². The molecule has 1 aromatic heterocycles. The van der Waals surface area contributed by atoms with Gasteiger partial charge in [0.25, 0.3) is 5.91 Å². The summed E-state index contributed by atoms with van der Waals surface area (Å²) in [5.41, 5.74) is 1.27. The minimum Gasteiger partial charge on any atom is -0.507 e. The Labute approximate surface area is 116 Å². The maximum atomic E-state index is 12.1. The zero-order valence-electron chi connectivity index (χ0n) is 11.2. The Balaban J connectivity index is 2.15. The van der Waals surface area contributed by atoms with Crippen LogP contribution in [-0.4, -0.2) is 11.0 Å². The van der Waals surface area contributed by atoms with E-state index in [2.05, 4.69) is 5.32 Å². The van der Waals surface area contributed by atoms with Crippen LogP contribution in [0, 0.1) is 13.8 Å². The van der Waals surface area contributed by atoms with Gasteiger partial charge in [-0.2, -0.15) is 0 Å². The highest BCUT2D eigenvalue weighted by Gasteiger charge is 2.15. The Morgan fingerprint density at radius 1 is 1.26 bits per heavy atom. The third kappa shape index (κ3) is 3.15. The molecule has 1 heterocycles. The third-order valence-electron chi connectivity index (χ3n) is 2.93.